The molecular weight excluding hydrogens is 280 g/mol. The van der Waals surface area contributed by atoms with Gasteiger partial charge in [-0.2, -0.15) is 0 Å². The molecule has 4 heteroatoms. The molecule has 116 valence electrons. The summed E-state index contributed by atoms with van der Waals surface area (Å²) in [6.07, 6.45) is 0.175. The van der Waals surface area contributed by atoms with E-state index in [0.717, 1.165) is 16.9 Å². The summed E-state index contributed by atoms with van der Waals surface area (Å²) >= 11 is 0. The fourth-order valence-electron chi connectivity index (χ4n) is 2.10. The monoisotopic (exact) mass is 300 g/mol. The van der Waals surface area contributed by atoms with Crippen molar-refractivity contribution in [2.45, 2.75) is 26.2 Å². The van der Waals surface area contributed by atoms with Crippen molar-refractivity contribution in [2.24, 2.45) is 0 Å². The Kier molecular flexibility index (Phi) is 5.42. The molecule has 0 amide bonds. The quantitative estimate of drug-likeness (QED) is 0.599. The zero-order valence-electron chi connectivity index (χ0n) is 13.0. The predicted molar refractivity (Wildman–Crippen MR) is 83.9 cm³/mol. The summed E-state index contributed by atoms with van der Waals surface area (Å²) in [6, 6.07) is 14.7. The van der Waals surface area contributed by atoms with Crippen LogP contribution in [0.4, 0.5) is 0 Å². The van der Waals surface area contributed by atoms with Crippen LogP contribution in [0.25, 0.3) is 0 Å². The molecule has 0 spiro atoms. The highest BCUT2D eigenvalue weighted by molar-refractivity contribution is 5.72. The summed E-state index contributed by atoms with van der Waals surface area (Å²) in [7, 11) is 1.63. The first-order chi connectivity index (χ1) is 10.6. The second kappa shape index (κ2) is 7.50. The average Bonchev–Trinajstić information content (AvgIpc) is 2.53. The summed E-state index contributed by atoms with van der Waals surface area (Å²) in [5.41, 5.74) is 1.88. The number of hydrogen-bond acceptors (Lipinski definition) is 4. The third kappa shape index (κ3) is 4.25. The molecule has 2 rings (SSSR count). The van der Waals surface area contributed by atoms with Crippen LogP contribution in [0.3, 0.4) is 0 Å². The largest absolute Gasteiger partial charge is 0.496 e. The minimum Gasteiger partial charge on any atom is -0.496 e. The van der Waals surface area contributed by atoms with Gasteiger partial charge in [-0.25, -0.2) is 4.79 Å². The van der Waals surface area contributed by atoms with Crippen LogP contribution in [0.15, 0.2) is 48.5 Å². The Hall–Kier alpha value is -2.49. The van der Waals surface area contributed by atoms with Gasteiger partial charge in [0.2, 0.25) is 0 Å². The lowest BCUT2D eigenvalue weighted by Gasteiger charge is -2.13. The second-order valence-corrected chi connectivity index (χ2v) is 5.26. The molecule has 2 aromatic carbocycles. The molecule has 0 aromatic heterocycles. The summed E-state index contributed by atoms with van der Waals surface area (Å²) in [5.74, 6) is 1.11. The molecule has 0 unspecified atom stereocenters. The highest BCUT2D eigenvalue weighted by atomic mass is 17.2. The SMILES string of the molecule is COc1ccc(OOC(=O)Cc2ccccc2)cc1C(C)C. The van der Waals surface area contributed by atoms with Crippen molar-refractivity contribution in [1.82, 2.24) is 0 Å². The molecule has 0 heterocycles. The lowest BCUT2D eigenvalue weighted by molar-refractivity contribution is -0.212. The second-order valence-electron chi connectivity index (χ2n) is 5.26. The van der Waals surface area contributed by atoms with Crippen LogP contribution in [-0.4, -0.2) is 13.1 Å². The maximum absolute atomic E-state index is 11.8. The predicted octanol–water partition coefficient (Wildman–Crippen LogP) is 3.90. The van der Waals surface area contributed by atoms with Gasteiger partial charge in [-0.05, 0) is 29.7 Å². The van der Waals surface area contributed by atoms with Crippen molar-refractivity contribution in [3.63, 3.8) is 0 Å². The molecular formula is C18H20O4. The topological polar surface area (TPSA) is 44.8 Å². The minimum atomic E-state index is -0.437. The molecule has 0 saturated heterocycles. The van der Waals surface area contributed by atoms with Crippen LogP contribution in [0.1, 0.15) is 30.9 Å². The van der Waals surface area contributed by atoms with Crippen LogP contribution in [-0.2, 0) is 16.1 Å². The lowest BCUT2D eigenvalue weighted by atomic mass is 10.0. The number of carbonyl (C=O) groups is 1. The molecule has 0 bridgehead atoms. The molecule has 0 fully saturated rings. The van der Waals surface area contributed by atoms with Gasteiger partial charge in [0, 0.05) is 5.56 Å². The molecule has 0 aliphatic carbocycles. The van der Waals surface area contributed by atoms with Gasteiger partial charge in [0.15, 0.2) is 5.75 Å². The van der Waals surface area contributed by atoms with Gasteiger partial charge in [0.1, 0.15) is 5.75 Å². The average molecular weight is 300 g/mol. The fourth-order valence-corrected chi connectivity index (χ4v) is 2.10. The number of methoxy groups -OCH3 is 1. The number of rotatable bonds is 6. The van der Waals surface area contributed by atoms with E-state index in [2.05, 4.69) is 13.8 Å². The molecule has 0 saturated carbocycles. The van der Waals surface area contributed by atoms with Crippen molar-refractivity contribution in [3.05, 3.63) is 59.7 Å². The summed E-state index contributed by atoms with van der Waals surface area (Å²) in [6.45, 7) is 4.12. The Morgan fingerprint density at radius 2 is 1.82 bits per heavy atom. The van der Waals surface area contributed by atoms with E-state index < -0.39 is 5.97 Å². The lowest BCUT2D eigenvalue weighted by Crippen LogP contribution is -2.11. The van der Waals surface area contributed by atoms with E-state index >= 15 is 0 Å². The zero-order valence-corrected chi connectivity index (χ0v) is 13.0. The third-order valence-electron chi connectivity index (χ3n) is 3.25. The van der Waals surface area contributed by atoms with Gasteiger partial charge in [0.25, 0.3) is 0 Å². The first-order valence-electron chi connectivity index (χ1n) is 7.19. The zero-order chi connectivity index (χ0) is 15.9. The van der Waals surface area contributed by atoms with E-state index in [9.17, 15) is 4.79 Å². The molecule has 22 heavy (non-hydrogen) atoms. The minimum absolute atomic E-state index is 0.175. The summed E-state index contributed by atoms with van der Waals surface area (Å²) in [5, 5.41) is 0. The molecule has 0 N–H and O–H groups in total. The molecule has 0 radical (unpaired) electrons. The molecule has 4 nitrogen and oxygen atoms in total. The summed E-state index contributed by atoms with van der Waals surface area (Å²) in [4.78, 5) is 21.7. The number of carbonyl (C=O) groups excluding carboxylic acids is 1. The van der Waals surface area contributed by atoms with Crippen LogP contribution >= 0.6 is 0 Å². The Morgan fingerprint density at radius 1 is 1.09 bits per heavy atom. The summed E-state index contributed by atoms with van der Waals surface area (Å²) < 4.78 is 5.30. The van der Waals surface area contributed by atoms with Gasteiger partial charge in [-0.1, -0.05) is 44.2 Å². The maximum atomic E-state index is 11.8. The van der Waals surface area contributed by atoms with Crippen LogP contribution < -0.4 is 9.62 Å². The van der Waals surface area contributed by atoms with Gasteiger partial charge < -0.3 is 4.74 Å². The third-order valence-corrected chi connectivity index (χ3v) is 3.25. The first-order valence-corrected chi connectivity index (χ1v) is 7.19. The van der Waals surface area contributed by atoms with Gasteiger partial charge in [0.05, 0.1) is 13.5 Å². The number of ether oxygens (including phenoxy) is 1. The Bertz CT molecular complexity index is 620. The van der Waals surface area contributed by atoms with Crippen molar-refractivity contribution < 1.29 is 19.3 Å². The smallest absolute Gasteiger partial charge is 0.359 e. The van der Waals surface area contributed by atoms with E-state index in [1.807, 2.05) is 36.4 Å². The highest BCUT2D eigenvalue weighted by Crippen LogP contribution is 2.30. The van der Waals surface area contributed by atoms with E-state index in [1.54, 1.807) is 19.2 Å². The highest BCUT2D eigenvalue weighted by Gasteiger charge is 2.11. The maximum Gasteiger partial charge on any atom is 0.359 e. The van der Waals surface area contributed by atoms with Crippen LogP contribution in [0.2, 0.25) is 0 Å². The normalized spacial score (nSPS) is 10.4. The standard InChI is InChI=1S/C18H20O4/c1-13(2)16-12-15(9-10-17(16)20-3)21-22-18(19)11-14-7-5-4-6-8-14/h4-10,12-13H,11H2,1-3H3. The van der Waals surface area contributed by atoms with Gasteiger partial charge >= 0.3 is 5.97 Å². The van der Waals surface area contributed by atoms with Crippen molar-refractivity contribution >= 4 is 5.97 Å². The Balaban J connectivity index is 1.96. The Morgan fingerprint density at radius 3 is 2.45 bits per heavy atom. The molecule has 2 aromatic rings. The number of benzene rings is 2. The Labute approximate surface area is 130 Å². The fraction of sp³-hybridized carbons (Fsp3) is 0.278. The van der Waals surface area contributed by atoms with Crippen molar-refractivity contribution in [3.8, 4) is 11.5 Å². The van der Waals surface area contributed by atoms with Crippen LogP contribution in [0.5, 0.6) is 11.5 Å². The molecule has 0 aliphatic heterocycles. The van der Waals surface area contributed by atoms with Crippen molar-refractivity contribution in [2.75, 3.05) is 7.11 Å². The van der Waals surface area contributed by atoms with E-state index in [-0.39, 0.29) is 12.3 Å². The molecule has 0 aliphatic rings. The van der Waals surface area contributed by atoms with Crippen LogP contribution in [0, 0.1) is 0 Å². The van der Waals surface area contributed by atoms with Crippen molar-refractivity contribution in [1.29, 1.82) is 0 Å². The van der Waals surface area contributed by atoms with E-state index in [4.69, 9.17) is 14.5 Å². The van der Waals surface area contributed by atoms with Gasteiger partial charge in [-0.3, -0.25) is 9.78 Å². The van der Waals surface area contributed by atoms with E-state index in [0.29, 0.717) is 5.75 Å². The first kappa shape index (κ1) is 15.9. The molecule has 0 atom stereocenters. The number of hydrogen-bond donors (Lipinski definition) is 0. The van der Waals surface area contributed by atoms with Gasteiger partial charge in [-0.15, -0.1) is 0 Å². The van der Waals surface area contributed by atoms with E-state index in [1.165, 1.54) is 0 Å².